The van der Waals surface area contributed by atoms with Crippen LogP contribution in [0, 0.1) is 0 Å². The molecule has 2 heterocycles. The first-order valence-electron chi connectivity index (χ1n) is 8.51. The van der Waals surface area contributed by atoms with Gasteiger partial charge in [-0.05, 0) is 30.5 Å². The van der Waals surface area contributed by atoms with Gasteiger partial charge in [-0.1, -0.05) is 30.3 Å². The van der Waals surface area contributed by atoms with Gasteiger partial charge in [-0.25, -0.2) is 0 Å². The fourth-order valence-corrected chi connectivity index (χ4v) is 2.70. The van der Waals surface area contributed by atoms with Crippen LogP contribution in [0.25, 0.3) is 0 Å². The smallest absolute Gasteiger partial charge is 0.249 e. The minimum Gasteiger partial charge on any atom is -0.454 e. The molecule has 0 aliphatic carbocycles. The molecule has 0 bridgehead atoms. The molecule has 4 rings (SSSR count). The van der Waals surface area contributed by atoms with E-state index in [0.29, 0.717) is 17.5 Å². The summed E-state index contributed by atoms with van der Waals surface area (Å²) in [4.78, 5) is 4.44. The second-order valence-electron chi connectivity index (χ2n) is 5.87. The molecule has 2 N–H and O–H groups in total. The highest BCUT2D eigenvalue weighted by atomic mass is 16.7. The van der Waals surface area contributed by atoms with E-state index < -0.39 is 0 Å². The van der Waals surface area contributed by atoms with Gasteiger partial charge in [0.1, 0.15) is 0 Å². The lowest BCUT2D eigenvalue weighted by Crippen LogP contribution is -2.07. The van der Waals surface area contributed by atoms with Crippen molar-refractivity contribution >= 4 is 17.5 Å². The van der Waals surface area contributed by atoms with Gasteiger partial charge in [0.25, 0.3) is 0 Å². The molecular formula is C19H19N5O2. The highest BCUT2D eigenvalue weighted by Gasteiger charge is 2.13. The molecule has 0 unspecified atom stereocenters. The van der Waals surface area contributed by atoms with E-state index in [4.69, 9.17) is 9.47 Å². The molecule has 1 aromatic heterocycles. The largest absolute Gasteiger partial charge is 0.454 e. The van der Waals surface area contributed by atoms with Crippen molar-refractivity contribution in [1.82, 2.24) is 15.2 Å². The number of fused-ring (bicyclic) bond motifs is 1. The van der Waals surface area contributed by atoms with Crippen LogP contribution in [-0.2, 0) is 6.42 Å². The predicted molar refractivity (Wildman–Crippen MR) is 98.9 cm³/mol. The van der Waals surface area contributed by atoms with Gasteiger partial charge in [0.15, 0.2) is 17.3 Å². The maximum atomic E-state index is 5.37. The van der Waals surface area contributed by atoms with E-state index in [-0.39, 0.29) is 6.79 Å². The van der Waals surface area contributed by atoms with E-state index >= 15 is 0 Å². The highest BCUT2D eigenvalue weighted by molar-refractivity contribution is 5.60. The fourth-order valence-electron chi connectivity index (χ4n) is 2.70. The van der Waals surface area contributed by atoms with Crippen LogP contribution in [0.1, 0.15) is 12.0 Å². The maximum Gasteiger partial charge on any atom is 0.249 e. The monoisotopic (exact) mass is 349 g/mol. The molecule has 132 valence electrons. The number of nitrogens with one attached hydrogen (secondary N) is 2. The number of hydrogen-bond donors (Lipinski definition) is 2. The number of rotatable bonds is 7. The van der Waals surface area contributed by atoms with Crippen LogP contribution in [0.2, 0.25) is 0 Å². The number of aromatic nitrogens is 3. The Labute approximate surface area is 151 Å². The third-order valence-electron chi connectivity index (χ3n) is 3.98. The Hall–Kier alpha value is -3.35. The first-order chi connectivity index (χ1) is 12.9. The summed E-state index contributed by atoms with van der Waals surface area (Å²) in [7, 11) is 0. The Bertz CT molecular complexity index is 873. The standard InChI is InChI=1S/C19H19N5O2/c1-2-5-14(6-3-1)7-4-10-20-18-12-21-24-19(23-18)22-15-8-9-16-17(11-15)26-13-25-16/h1-3,5-6,8-9,11-12H,4,7,10,13H2,(H2,20,22,23,24). The van der Waals surface area contributed by atoms with Crippen LogP contribution in [0.5, 0.6) is 11.5 Å². The van der Waals surface area contributed by atoms with E-state index in [1.807, 2.05) is 24.3 Å². The van der Waals surface area contributed by atoms with Crippen molar-refractivity contribution in [2.24, 2.45) is 0 Å². The Morgan fingerprint density at radius 3 is 2.81 bits per heavy atom. The second-order valence-corrected chi connectivity index (χ2v) is 5.87. The topological polar surface area (TPSA) is 81.2 Å². The molecule has 0 amide bonds. The van der Waals surface area contributed by atoms with E-state index in [0.717, 1.165) is 30.8 Å². The number of aryl methyl sites for hydroxylation is 1. The molecule has 3 aromatic rings. The molecule has 0 atom stereocenters. The summed E-state index contributed by atoms with van der Waals surface area (Å²) in [5.41, 5.74) is 2.15. The quantitative estimate of drug-likeness (QED) is 0.633. The molecule has 1 aliphatic rings. The summed E-state index contributed by atoms with van der Waals surface area (Å²) in [5.74, 6) is 2.56. The molecule has 1 aliphatic heterocycles. The summed E-state index contributed by atoms with van der Waals surface area (Å²) in [6.45, 7) is 1.07. The zero-order valence-electron chi connectivity index (χ0n) is 14.2. The highest BCUT2D eigenvalue weighted by Crippen LogP contribution is 2.34. The third kappa shape index (κ3) is 4.00. The second kappa shape index (κ2) is 7.69. The summed E-state index contributed by atoms with van der Waals surface area (Å²) >= 11 is 0. The minimum absolute atomic E-state index is 0.249. The van der Waals surface area contributed by atoms with Crippen molar-refractivity contribution in [3.05, 3.63) is 60.3 Å². The van der Waals surface area contributed by atoms with Crippen LogP contribution >= 0.6 is 0 Å². The van der Waals surface area contributed by atoms with Gasteiger partial charge in [0, 0.05) is 18.3 Å². The molecule has 0 radical (unpaired) electrons. The summed E-state index contributed by atoms with van der Waals surface area (Å²) in [5, 5.41) is 14.4. The molecular weight excluding hydrogens is 330 g/mol. The van der Waals surface area contributed by atoms with Crippen molar-refractivity contribution in [3.63, 3.8) is 0 Å². The molecule has 26 heavy (non-hydrogen) atoms. The molecule has 0 fully saturated rings. The lowest BCUT2D eigenvalue weighted by atomic mass is 10.1. The summed E-state index contributed by atoms with van der Waals surface area (Å²) < 4.78 is 10.7. The van der Waals surface area contributed by atoms with Gasteiger partial charge in [-0.2, -0.15) is 10.1 Å². The predicted octanol–water partition coefficient (Wildman–Crippen LogP) is 3.39. The van der Waals surface area contributed by atoms with Crippen LogP contribution in [0.4, 0.5) is 17.5 Å². The first-order valence-corrected chi connectivity index (χ1v) is 8.51. The Morgan fingerprint density at radius 1 is 1.00 bits per heavy atom. The molecule has 0 spiro atoms. The Balaban J connectivity index is 1.31. The Kier molecular flexibility index (Phi) is 4.77. The van der Waals surface area contributed by atoms with E-state index in [2.05, 4.69) is 50.1 Å². The van der Waals surface area contributed by atoms with Crippen molar-refractivity contribution in [2.45, 2.75) is 12.8 Å². The number of benzene rings is 2. The van der Waals surface area contributed by atoms with E-state index in [9.17, 15) is 0 Å². The minimum atomic E-state index is 0.249. The maximum absolute atomic E-state index is 5.37. The summed E-state index contributed by atoms with van der Waals surface area (Å²) in [6, 6.07) is 16.0. The number of anilines is 3. The van der Waals surface area contributed by atoms with Gasteiger partial charge in [0.2, 0.25) is 12.7 Å². The van der Waals surface area contributed by atoms with E-state index in [1.54, 1.807) is 6.20 Å². The van der Waals surface area contributed by atoms with E-state index in [1.165, 1.54) is 5.56 Å². The van der Waals surface area contributed by atoms with Gasteiger partial charge < -0.3 is 20.1 Å². The van der Waals surface area contributed by atoms with Crippen LogP contribution in [0.3, 0.4) is 0 Å². The van der Waals surface area contributed by atoms with Gasteiger partial charge >= 0.3 is 0 Å². The number of ether oxygens (including phenoxy) is 2. The molecule has 7 nitrogen and oxygen atoms in total. The van der Waals surface area contributed by atoms with Crippen LogP contribution < -0.4 is 20.1 Å². The van der Waals surface area contributed by atoms with Crippen LogP contribution in [-0.4, -0.2) is 28.5 Å². The van der Waals surface area contributed by atoms with Crippen molar-refractivity contribution in [3.8, 4) is 11.5 Å². The normalized spacial score (nSPS) is 12.0. The molecule has 2 aromatic carbocycles. The number of nitrogens with zero attached hydrogens (tertiary/aromatic N) is 3. The zero-order chi connectivity index (χ0) is 17.6. The lowest BCUT2D eigenvalue weighted by Gasteiger charge is -2.08. The van der Waals surface area contributed by atoms with Crippen molar-refractivity contribution < 1.29 is 9.47 Å². The summed E-state index contributed by atoms with van der Waals surface area (Å²) in [6.07, 6.45) is 3.65. The van der Waals surface area contributed by atoms with Crippen LogP contribution in [0.15, 0.2) is 54.7 Å². The first kappa shape index (κ1) is 16.1. The lowest BCUT2D eigenvalue weighted by molar-refractivity contribution is 0.174. The molecule has 7 heteroatoms. The van der Waals surface area contributed by atoms with Gasteiger partial charge in [-0.15, -0.1) is 5.10 Å². The average Bonchev–Trinajstić information content (AvgIpc) is 3.14. The Morgan fingerprint density at radius 2 is 1.88 bits per heavy atom. The van der Waals surface area contributed by atoms with Gasteiger partial charge in [-0.3, -0.25) is 0 Å². The van der Waals surface area contributed by atoms with Crippen molar-refractivity contribution in [2.75, 3.05) is 24.0 Å². The van der Waals surface area contributed by atoms with Crippen molar-refractivity contribution in [1.29, 1.82) is 0 Å². The fraction of sp³-hybridized carbons (Fsp3) is 0.211. The van der Waals surface area contributed by atoms with Gasteiger partial charge in [0.05, 0.1) is 6.20 Å². The molecule has 0 saturated carbocycles. The number of hydrogen-bond acceptors (Lipinski definition) is 7. The zero-order valence-corrected chi connectivity index (χ0v) is 14.2. The third-order valence-corrected chi connectivity index (χ3v) is 3.98. The average molecular weight is 349 g/mol. The SMILES string of the molecule is c1ccc(CCCNc2cnnc(Nc3ccc4c(c3)OCO4)n2)cc1. The molecule has 0 saturated heterocycles.